The van der Waals surface area contributed by atoms with Crippen molar-refractivity contribution in [3.05, 3.63) is 0 Å². The van der Waals surface area contributed by atoms with Gasteiger partial charge >= 0.3 is 23.1 Å². The molecule has 4 aliphatic rings. The van der Waals surface area contributed by atoms with Crippen molar-refractivity contribution >= 4 is 37.8 Å². The molecule has 4 saturated carbocycles. The van der Waals surface area contributed by atoms with Gasteiger partial charge in [-0.3, -0.25) is 0 Å². The first-order valence-electron chi connectivity index (χ1n) is 13.0. The minimum Gasteiger partial charge on any atom is -0.799 e. The molecule has 0 radical (unpaired) electrons. The molecule has 0 bridgehead atoms. The van der Waals surface area contributed by atoms with Crippen LogP contribution in [0.1, 0.15) is 128 Å². The van der Waals surface area contributed by atoms with E-state index in [0.29, 0.717) is 0 Å². The molecule has 0 heterocycles. The predicted molar refractivity (Wildman–Crippen MR) is 128 cm³/mol. The maximum Gasteiger partial charge on any atom is 2.00 e. The van der Waals surface area contributed by atoms with Crippen molar-refractivity contribution in [2.24, 2.45) is 0 Å². The molecule has 0 aromatic rings. The fourth-order valence-corrected chi connectivity index (χ4v) is 11.9. The minimum atomic E-state index is -3.09. The molecule has 0 aliphatic heterocycles. The van der Waals surface area contributed by atoms with Crippen molar-refractivity contribution in [3.8, 4) is 0 Å². The molecular weight excluding hydrogens is 439 g/mol. The Bertz CT molecular complexity index is 494. The zero-order valence-electron chi connectivity index (χ0n) is 19.7. The number of hydrogen-bond acceptors (Lipinski definition) is 4. The molecular formula is C24H44MgO4P2. The van der Waals surface area contributed by atoms with Gasteiger partial charge in [0.25, 0.3) is 0 Å². The largest absolute Gasteiger partial charge is 2.00 e. The van der Waals surface area contributed by atoms with Gasteiger partial charge in [0.05, 0.1) is 0 Å². The molecule has 4 rings (SSSR count). The Kier molecular flexibility index (Phi) is 12.7. The van der Waals surface area contributed by atoms with Crippen LogP contribution in [0.15, 0.2) is 0 Å². The van der Waals surface area contributed by atoms with E-state index in [9.17, 15) is 18.9 Å². The molecule has 0 unspecified atom stereocenters. The third kappa shape index (κ3) is 8.10. The maximum absolute atomic E-state index is 12.4. The molecule has 0 saturated heterocycles. The number of hydrogen-bond donors (Lipinski definition) is 0. The summed E-state index contributed by atoms with van der Waals surface area (Å²) >= 11 is 0. The fraction of sp³-hybridized carbons (Fsp3) is 1.00. The van der Waals surface area contributed by atoms with Crippen molar-refractivity contribution in [1.82, 2.24) is 0 Å². The SMILES string of the molecule is O=P([O-])(C1CCCCC1)C1CCCCC1.O=P([O-])(C1CCCCC1)C1CCCCC1.[Mg+2]. The average molecular weight is 483 g/mol. The van der Waals surface area contributed by atoms with Crippen LogP contribution in [-0.2, 0) is 9.13 Å². The van der Waals surface area contributed by atoms with E-state index in [1.54, 1.807) is 0 Å². The standard InChI is InChI=1S/2C12H23O2P.Mg/c2*13-15(14,11-7-3-1-4-8-11)12-9-5-2-6-10-12;/h2*11-12H,1-10H2,(H,13,14);/q;;+2/p-2. The van der Waals surface area contributed by atoms with Crippen molar-refractivity contribution < 1.29 is 18.9 Å². The summed E-state index contributed by atoms with van der Waals surface area (Å²) in [6.07, 6.45) is 21.5. The molecule has 0 atom stereocenters. The van der Waals surface area contributed by atoms with Crippen LogP contribution in [0, 0.1) is 0 Å². The van der Waals surface area contributed by atoms with E-state index in [1.165, 1.54) is 25.7 Å². The summed E-state index contributed by atoms with van der Waals surface area (Å²) in [4.78, 5) is 24.7. The molecule has 0 aromatic carbocycles. The molecule has 0 spiro atoms. The Balaban J connectivity index is 0.000000213. The smallest absolute Gasteiger partial charge is 0.799 e. The Labute approximate surface area is 207 Å². The van der Waals surface area contributed by atoms with E-state index in [2.05, 4.69) is 0 Å². The summed E-state index contributed by atoms with van der Waals surface area (Å²) in [5.41, 5.74) is 0.146. The molecule has 0 aromatic heterocycles. The van der Waals surface area contributed by atoms with Gasteiger partial charge < -0.3 is 18.9 Å². The summed E-state index contributed by atoms with van der Waals surface area (Å²) in [7, 11) is -6.19. The zero-order chi connectivity index (χ0) is 21.5. The fourth-order valence-electron chi connectivity index (χ4n) is 6.36. The van der Waals surface area contributed by atoms with E-state index < -0.39 is 14.7 Å². The first kappa shape index (κ1) is 28.4. The third-order valence-corrected chi connectivity index (χ3v) is 14.5. The maximum atomic E-state index is 12.4. The molecule has 0 amide bonds. The second kappa shape index (κ2) is 13.9. The van der Waals surface area contributed by atoms with Gasteiger partial charge in [-0.1, -0.05) is 77.0 Å². The monoisotopic (exact) mass is 482 g/mol. The van der Waals surface area contributed by atoms with E-state index in [1.807, 2.05) is 0 Å². The summed E-state index contributed by atoms with van der Waals surface area (Å²) in [6, 6.07) is 0. The second-order valence-corrected chi connectivity index (χ2v) is 16.0. The predicted octanol–water partition coefficient (Wildman–Crippen LogP) is 6.20. The normalized spacial score (nSPS) is 25.9. The Morgan fingerprint density at radius 1 is 0.387 bits per heavy atom. The first-order valence-corrected chi connectivity index (χ1v) is 16.6. The summed E-state index contributed by atoms with van der Waals surface area (Å²) in [5, 5.41) is 0. The van der Waals surface area contributed by atoms with Crippen molar-refractivity contribution in [2.75, 3.05) is 0 Å². The second-order valence-electron chi connectivity index (χ2n) is 10.5. The molecule has 31 heavy (non-hydrogen) atoms. The van der Waals surface area contributed by atoms with E-state index >= 15 is 0 Å². The third-order valence-electron chi connectivity index (χ3n) is 8.33. The molecule has 7 heteroatoms. The van der Waals surface area contributed by atoms with Crippen molar-refractivity contribution in [1.29, 1.82) is 0 Å². The summed E-state index contributed by atoms with van der Waals surface area (Å²) in [6.45, 7) is 0. The molecule has 4 aliphatic carbocycles. The van der Waals surface area contributed by atoms with Gasteiger partial charge in [-0.15, -0.1) is 0 Å². The van der Waals surface area contributed by atoms with Crippen LogP contribution in [-0.4, -0.2) is 45.7 Å². The zero-order valence-corrected chi connectivity index (χ0v) is 22.9. The number of rotatable bonds is 4. The van der Waals surface area contributed by atoms with Crippen LogP contribution in [0.25, 0.3) is 0 Å². The molecule has 0 N–H and O–H groups in total. The van der Waals surface area contributed by atoms with Crippen molar-refractivity contribution in [2.45, 2.75) is 151 Å². The summed E-state index contributed by atoms with van der Waals surface area (Å²) in [5.74, 6) is 0. The van der Waals surface area contributed by atoms with Gasteiger partial charge in [0.1, 0.15) is 0 Å². The van der Waals surface area contributed by atoms with Gasteiger partial charge in [0.2, 0.25) is 0 Å². The van der Waals surface area contributed by atoms with Crippen LogP contribution in [0.5, 0.6) is 0 Å². The molecule has 4 nitrogen and oxygen atoms in total. The first-order chi connectivity index (χ1) is 14.4. The summed E-state index contributed by atoms with van der Waals surface area (Å²) < 4.78 is 24.7. The van der Waals surface area contributed by atoms with Gasteiger partial charge in [-0.05, 0) is 51.4 Å². The van der Waals surface area contributed by atoms with Crippen LogP contribution in [0.4, 0.5) is 0 Å². The Morgan fingerprint density at radius 3 is 0.710 bits per heavy atom. The van der Waals surface area contributed by atoms with Crippen molar-refractivity contribution in [3.63, 3.8) is 0 Å². The Hall–Kier alpha value is 1.15. The topological polar surface area (TPSA) is 80.3 Å². The van der Waals surface area contributed by atoms with Crippen LogP contribution >= 0.6 is 14.7 Å². The van der Waals surface area contributed by atoms with E-state index in [-0.39, 0.29) is 45.7 Å². The van der Waals surface area contributed by atoms with E-state index in [0.717, 1.165) is 103 Å². The van der Waals surface area contributed by atoms with E-state index in [4.69, 9.17) is 0 Å². The van der Waals surface area contributed by atoms with Gasteiger partial charge in [0, 0.05) is 37.4 Å². The average Bonchev–Trinajstić information content (AvgIpc) is 2.82. The van der Waals surface area contributed by atoms with Gasteiger partial charge in [-0.2, -0.15) is 0 Å². The molecule has 4 fully saturated rings. The van der Waals surface area contributed by atoms with Gasteiger partial charge in [-0.25, -0.2) is 0 Å². The van der Waals surface area contributed by atoms with Gasteiger partial charge in [0.15, 0.2) is 0 Å². The minimum absolute atomic E-state index is 0. The van der Waals surface area contributed by atoms with Crippen LogP contribution in [0.2, 0.25) is 0 Å². The molecule has 176 valence electrons. The van der Waals surface area contributed by atoms with Crippen LogP contribution < -0.4 is 9.79 Å². The van der Waals surface area contributed by atoms with Crippen LogP contribution in [0.3, 0.4) is 0 Å². The quantitative estimate of drug-likeness (QED) is 0.353. The Morgan fingerprint density at radius 2 is 0.548 bits per heavy atom.